The summed E-state index contributed by atoms with van der Waals surface area (Å²) in [4.78, 5) is 26.5. The van der Waals surface area contributed by atoms with Crippen molar-refractivity contribution < 1.29 is 19.4 Å². The number of thiocarbonyl (C=S) groups is 1. The zero-order valence-corrected chi connectivity index (χ0v) is 15.9. The molecule has 6 nitrogen and oxygen atoms in total. The Hall–Kier alpha value is -2.71. The van der Waals surface area contributed by atoms with Crippen LogP contribution in [0.2, 0.25) is 0 Å². The molecule has 1 saturated heterocycles. The van der Waals surface area contributed by atoms with Crippen LogP contribution in [-0.4, -0.2) is 29.1 Å². The van der Waals surface area contributed by atoms with Crippen molar-refractivity contribution in [2.24, 2.45) is 0 Å². The van der Waals surface area contributed by atoms with Gasteiger partial charge < -0.3 is 9.84 Å². The van der Waals surface area contributed by atoms with E-state index < -0.39 is 11.8 Å². The fraction of sp³-hybridized carbons (Fsp3) is 0.0556. The van der Waals surface area contributed by atoms with Crippen LogP contribution in [-0.2, 0) is 9.59 Å². The lowest BCUT2D eigenvalue weighted by Gasteiger charge is -2.29. The molecule has 0 unspecified atom stereocenters. The Kier molecular flexibility index (Phi) is 5.06. The van der Waals surface area contributed by atoms with Gasteiger partial charge in [-0.05, 0) is 64.1 Å². The summed E-state index contributed by atoms with van der Waals surface area (Å²) in [5, 5.41) is 12.1. The van der Waals surface area contributed by atoms with Crippen molar-refractivity contribution in [2.75, 3.05) is 12.0 Å². The van der Waals surface area contributed by atoms with Crippen LogP contribution in [0.5, 0.6) is 11.5 Å². The fourth-order valence-electron chi connectivity index (χ4n) is 2.47. The summed E-state index contributed by atoms with van der Waals surface area (Å²) >= 11 is 8.38. The molecule has 0 atom stereocenters. The average Bonchev–Trinajstić information content (AvgIpc) is 2.62. The van der Waals surface area contributed by atoms with Crippen LogP contribution in [0, 0.1) is 0 Å². The van der Waals surface area contributed by atoms with Gasteiger partial charge in [0.15, 0.2) is 5.11 Å². The molecule has 0 aromatic heterocycles. The quantitative estimate of drug-likeness (QED) is 0.442. The SMILES string of the molecule is COc1ccccc1N1C(=O)C(=Cc2ccc(O)c(Br)c2)C(=O)NC1=S. The van der Waals surface area contributed by atoms with Crippen molar-refractivity contribution in [1.82, 2.24) is 5.32 Å². The van der Waals surface area contributed by atoms with Crippen LogP contribution in [0.3, 0.4) is 0 Å². The molecule has 0 bridgehead atoms. The number of aromatic hydroxyl groups is 1. The number of benzene rings is 2. The fourth-order valence-corrected chi connectivity index (χ4v) is 3.14. The van der Waals surface area contributed by atoms with Crippen LogP contribution < -0.4 is 15.0 Å². The van der Waals surface area contributed by atoms with Gasteiger partial charge >= 0.3 is 0 Å². The highest BCUT2D eigenvalue weighted by Gasteiger charge is 2.35. The second kappa shape index (κ2) is 7.27. The van der Waals surface area contributed by atoms with Gasteiger partial charge in [0.2, 0.25) is 0 Å². The number of nitrogens with one attached hydrogen (secondary N) is 1. The van der Waals surface area contributed by atoms with E-state index in [0.717, 1.165) is 0 Å². The molecule has 2 amide bonds. The number of carbonyl (C=O) groups is 2. The molecular formula is C18H13BrN2O4S. The van der Waals surface area contributed by atoms with E-state index in [1.165, 1.54) is 24.2 Å². The van der Waals surface area contributed by atoms with Crippen molar-refractivity contribution >= 4 is 56.8 Å². The predicted molar refractivity (Wildman–Crippen MR) is 105 cm³/mol. The minimum Gasteiger partial charge on any atom is -0.507 e. The number of hydrogen-bond acceptors (Lipinski definition) is 5. The molecular weight excluding hydrogens is 420 g/mol. The highest BCUT2D eigenvalue weighted by molar-refractivity contribution is 9.10. The topological polar surface area (TPSA) is 78.9 Å². The highest BCUT2D eigenvalue weighted by Crippen LogP contribution is 2.31. The van der Waals surface area contributed by atoms with E-state index in [0.29, 0.717) is 21.5 Å². The van der Waals surface area contributed by atoms with Gasteiger partial charge in [-0.15, -0.1) is 0 Å². The first-order valence-electron chi connectivity index (χ1n) is 7.45. The number of phenolic OH excluding ortho intramolecular Hbond substituents is 1. The number of halogens is 1. The summed E-state index contributed by atoms with van der Waals surface area (Å²) in [5.41, 5.74) is 0.922. The lowest BCUT2D eigenvalue weighted by Crippen LogP contribution is -2.54. The zero-order valence-electron chi connectivity index (χ0n) is 13.5. The number of ether oxygens (including phenoxy) is 1. The normalized spacial score (nSPS) is 16.0. The number of amides is 2. The van der Waals surface area contributed by atoms with E-state index in [9.17, 15) is 14.7 Å². The Morgan fingerprint density at radius 1 is 1.23 bits per heavy atom. The molecule has 1 heterocycles. The monoisotopic (exact) mass is 432 g/mol. The molecule has 3 rings (SSSR count). The number of hydrogen-bond donors (Lipinski definition) is 2. The van der Waals surface area contributed by atoms with Gasteiger partial charge in [-0.25, -0.2) is 4.90 Å². The molecule has 26 heavy (non-hydrogen) atoms. The van der Waals surface area contributed by atoms with E-state index >= 15 is 0 Å². The van der Waals surface area contributed by atoms with E-state index in [2.05, 4.69) is 21.2 Å². The molecule has 0 aliphatic carbocycles. The van der Waals surface area contributed by atoms with Crippen molar-refractivity contribution in [3.8, 4) is 11.5 Å². The lowest BCUT2D eigenvalue weighted by molar-refractivity contribution is -0.122. The average molecular weight is 433 g/mol. The number of carbonyl (C=O) groups excluding carboxylic acids is 2. The molecule has 2 aromatic rings. The number of rotatable bonds is 3. The molecule has 0 radical (unpaired) electrons. The lowest BCUT2D eigenvalue weighted by atomic mass is 10.1. The number of phenols is 1. The van der Waals surface area contributed by atoms with Gasteiger partial charge in [0.05, 0.1) is 17.3 Å². The van der Waals surface area contributed by atoms with Gasteiger partial charge in [-0.1, -0.05) is 18.2 Å². The summed E-state index contributed by atoms with van der Waals surface area (Å²) in [5.74, 6) is -0.641. The van der Waals surface area contributed by atoms with Crippen LogP contribution >= 0.6 is 28.1 Å². The second-order valence-electron chi connectivity index (χ2n) is 5.34. The third kappa shape index (κ3) is 3.33. The molecule has 2 N–H and O–H groups in total. The minimum atomic E-state index is -0.588. The maximum Gasteiger partial charge on any atom is 0.270 e. The van der Waals surface area contributed by atoms with Crippen molar-refractivity contribution in [3.63, 3.8) is 0 Å². The van der Waals surface area contributed by atoms with Gasteiger partial charge in [0.1, 0.15) is 17.1 Å². The minimum absolute atomic E-state index is 0.0199. The number of methoxy groups -OCH3 is 1. The molecule has 1 aliphatic rings. The second-order valence-corrected chi connectivity index (χ2v) is 6.58. The molecule has 132 valence electrons. The smallest absolute Gasteiger partial charge is 0.270 e. The molecule has 1 aliphatic heterocycles. The Balaban J connectivity index is 2.05. The van der Waals surface area contributed by atoms with Gasteiger partial charge in [-0.3, -0.25) is 14.9 Å². The summed E-state index contributed by atoms with van der Waals surface area (Å²) in [6.45, 7) is 0. The Bertz CT molecular complexity index is 958. The van der Waals surface area contributed by atoms with Gasteiger partial charge in [-0.2, -0.15) is 0 Å². The van der Waals surface area contributed by atoms with Crippen molar-refractivity contribution in [2.45, 2.75) is 0 Å². The Morgan fingerprint density at radius 3 is 2.65 bits per heavy atom. The first-order valence-corrected chi connectivity index (χ1v) is 8.65. The van der Waals surface area contributed by atoms with Crippen LogP contribution in [0.15, 0.2) is 52.5 Å². The molecule has 8 heteroatoms. The first kappa shape index (κ1) is 18.1. The highest BCUT2D eigenvalue weighted by atomic mass is 79.9. The predicted octanol–water partition coefficient (Wildman–Crippen LogP) is 2.99. The van der Waals surface area contributed by atoms with Crippen LogP contribution in [0.4, 0.5) is 5.69 Å². The summed E-state index contributed by atoms with van der Waals surface area (Å²) < 4.78 is 5.74. The van der Waals surface area contributed by atoms with Gasteiger partial charge in [0.25, 0.3) is 11.8 Å². The number of nitrogens with zero attached hydrogens (tertiary/aromatic N) is 1. The summed E-state index contributed by atoms with van der Waals surface area (Å²) in [7, 11) is 1.49. The van der Waals surface area contributed by atoms with Gasteiger partial charge in [0, 0.05) is 0 Å². The maximum absolute atomic E-state index is 13.0. The third-order valence-corrected chi connectivity index (χ3v) is 4.63. The summed E-state index contributed by atoms with van der Waals surface area (Å²) in [6, 6.07) is 11.5. The van der Waals surface area contributed by atoms with E-state index in [1.807, 2.05) is 0 Å². The largest absolute Gasteiger partial charge is 0.507 e. The molecule has 0 spiro atoms. The Labute approximate surface area is 163 Å². The third-order valence-electron chi connectivity index (χ3n) is 3.71. The van der Waals surface area contributed by atoms with Crippen LogP contribution in [0.25, 0.3) is 6.08 Å². The Morgan fingerprint density at radius 2 is 1.96 bits per heavy atom. The van der Waals surface area contributed by atoms with Crippen molar-refractivity contribution in [1.29, 1.82) is 0 Å². The zero-order chi connectivity index (χ0) is 18.8. The van der Waals surface area contributed by atoms with E-state index in [-0.39, 0.29) is 16.4 Å². The van der Waals surface area contributed by atoms with E-state index in [4.69, 9.17) is 17.0 Å². The maximum atomic E-state index is 13.0. The molecule has 2 aromatic carbocycles. The van der Waals surface area contributed by atoms with E-state index in [1.54, 1.807) is 36.4 Å². The molecule has 1 fully saturated rings. The van der Waals surface area contributed by atoms with Crippen LogP contribution in [0.1, 0.15) is 5.56 Å². The first-order chi connectivity index (χ1) is 12.4. The van der Waals surface area contributed by atoms with Crippen molar-refractivity contribution in [3.05, 3.63) is 58.1 Å². The standard InChI is InChI=1S/C18H13BrN2O4S/c1-25-15-5-3-2-4-13(15)21-17(24)11(16(23)20-18(21)26)8-10-6-7-14(22)12(19)9-10/h2-9,22H,1H3,(H,20,23,26). The number of anilines is 1. The summed E-state index contributed by atoms with van der Waals surface area (Å²) in [6.07, 6.45) is 1.44. The number of para-hydroxylation sites is 2. The molecule has 0 saturated carbocycles.